The van der Waals surface area contributed by atoms with Crippen LogP contribution in [0.2, 0.25) is 0 Å². The van der Waals surface area contributed by atoms with Crippen LogP contribution in [0.15, 0.2) is 30.5 Å². The predicted octanol–water partition coefficient (Wildman–Crippen LogP) is 6.55. The second-order valence-corrected chi connectivity index (χ2v) is 6.94. The molecule has 2 rings (SSSR count). The highest BCUT2D eigenvalue weighted by Gasteiger charge is 2.38. The topological polar surface area (TPSA) is 47.5 Å². The molecule has 0 aliphatic rings. The summed E-state index contributed by atoms with van der Waals surface area (Å²) in [5, 5.41) is 0. The fraction of sp³-hybridized carbons (Fsp3) is 0.524. The van der Waals surface area contributed by atoms with E-state index in [0.717, 1.165) is 25.7 Å². The van der Waals surface area contributed by atoms with Gasteiger partial charge in [-0.05, 0) is 37.6 Å². The van der Waals surface area contributed by atoms with Crippen molar-refractivity contribution < 1.29 is 35.8 Å². The number of ether oxygens (including phenoxy) is 2. The first-order valence-corrected chi connectivity index (χ1v) is 10.2. The number of hydrogen-bond acceptors (Lipinski definition) is 5. The lowest BCUT2D eigenvalue weighted by Gasteiger charge is -2.23. The van der Waals surface area contributed by atoms with Crippen LogP contribution in [0.5, 0.6) is 11.6 Å². The number of unbranched alkanes of at least 4 members (excludes halogenated alkanes) is 3. The molecule has 1 aromatic carbocycles. The minimum absolute atomic E-state index is 0.217. The van der Waals surface area contributed by atoms with E-state index >= 15 is 0 Å². The molecule has 0 amide bonds. The molecule has 0 unspecified atom stereocenters. The molecule has 0 radical (unpaired) electrons. The van der Waals surface area contributed by atoms with Crippen molar-refractivity contribution in [3.05, 3.63) is 36.0 Å². The van der Waals surface area contributed by atoms with E-state index in [1.807, 2.05) is 0 Å². The van der Waals surface area contributed by atoms with Gasteiger partial charge in [-0.1, -0.05) is 26.2 Å². The molecule has 11 heteroatoms. The van der Waals surface area contributed by atoms with Crippen molar-refractivity contribution in [3.8, 4) is 11.6 Å². The summed E-state index contributed by atoms with van der Waals surface area (Å²) < 4.78 is 86.9. The average Bonchev–Trinajstić information content (AvgIpc) is 2.72. The van der Waals surface area contributed by atoms with E-state index < -0.39 is 30.4 Å². The number of rotatable bonds is 11. The minimum Gasteiger partial charge on any atom is -0.494 e. The summed E-state index contributed by atoms with van der Waals surface area (Å²) in [5.74, 6) is -0.764. The summed E-state index contributed by atoms with van der Waals surface area (Å²) in [5.41, 5.74) is -0.944. The Morgan fingerprint density at radius 2 is 1.59 bits per heavy atom. The van der Waals surface area contributed by atoms with Gasteiger partial charge < -0.3 is 14.4 Å². The van der Waals surface area contributed by atoms with Gasteiger partial charge in [0.15, 0.2) is 6.61 Å². The Bertz CT molecular complexity index is 841. The maximum atomic E-state index is 13.2. The number of anilines is 2. The van der Waals surface area contributed by atoms with E-state index in [-0.39, 0.29) is 12.5 Å². The molecule has 1 aromatic heterocycles. The van der Waals surface area contributed by atoms with E-state index in [1.165, 1.54) is 4.90 Å². The average molecular weight is 465 g/mol. The highest BCUT2D eigenvalue weighted by molar-refractivity contribution is 5.58. The zero-order valence-electron chi connectivity index (χ0n) is 17.8. The molecule has 0 atom stereocenters. The second-order valence-electron chi connectivity index (χ2n) is 6.94. The third-order valence-corrected chi connectivity index (χ3v) is 4.39. The van der Waals surface area contributed by atoms with E-state index in [0.29, 0.717) is 24.2 Å². The molecule has 32 heavy (non-hydrogen) atoms. The van der Waals surface area contributed by atoms with Crippen molar-refractivity contribution in [2.75, 3.05) is 24.7 Å². The Morgan fingerprint density at radius 3 is 2.16 bits per heavy atom. The van der Waals surface area contributed by atoms with Crippen LogP contribution in [0.4, 0.5) is 38.0 Å². The van der Waals surface area contributed by atoms with Crippen molar-refractivity contribution in [2.45, 2.75) is 51.9 Å². The standard InChI is InChI=1S/C21H25F6N3O2/c1-3-5-6-7-12-31-16-10-8-15(9-11-16)30(4-2)19-28-13-17(21(25,26)27)18(29-19)32-14-20(22,23)24/h8-11,13H,3-7,12,14H2,1-2H3. The van der Waals surface area contributed by atoms with E-state index in [9.17, 15) is 26.3 Å². The predicted molar refractivity (Wildman–Crippen MR) is 107 cm³/mol. The second kappa shape index (κ2) is 11.2. The molecule has 178 valence electrons. The molecule has 0 bridgehead atoms. The summed E-state index contributed by atoms with van der Waals surface area (Å²) >= 11 is 0. The number of aromatic nitrogens is 2. The molecule has 0 aliphatic carbocycles. The SMILES string of the molecule is CCCCCCOc1ccc(N(CC)c2ncc(C(F)(F)F)c(OCC(F)(F)F)n2)cc1. The monoisotopic (exact) mass is 465 g/mol. The van der Waals surface area contributed by atoms with E-state index in [2.05, 4.69) is 21.6 Å². The van der Waals surface area contributed by atoms with Gasteiger partial charge in [-0.25, -0.2) is 4.98 Å². The normalized spacial score (nSPS) is 12.0. The molecular formula is C21H25F6N3O2. The highest BCUT2D eigenvalue weighted by atomic mass is 19.4. The van der Waals surface area contributed by atoms with Crippen molar-refractivity contribution in [1.82, 2.24) is 9.97 Å². The van der Waals surface area contributed by atoms with Crippen molar-refractivity contribution in [1.29, 1.82) is 0 Å². The molecule has 2 aromatic rings. The Hall–Kier alpha value is -2.72. The quantitative estimate of drug-likeness (QED) is 0.278. The van der Waals surface area contributed by atoms with Crippen LogP contribution >= 0.6 is 0 Å². The third kappa shape index (κ3) is 7.76. The number of nitrogens with zero attached hydrogens (tertiary/aromatic N) is 3. The molecule has 0 fully saturated rings. The van der Waals surface area contributed by atoms with Crippen molar-refractivity contribution >= 4 is 11.6 Å². The van der Waals surface area contributed by atoms with Gasteiger partial charge in [-0.15, -0.1) is 0 Å². The molecule has 0 aliphatic heterocycles. The zero-order chi connectivity index (χ0) is 23.8. The molecule has 0 N–H and O–H groups in total. The Kier molecular flexibility index (Phi) is 8.97. The maximum Gasteiger partial charge on any atom is 0.423 e. The third-order valence-electron chi connectivity index (χ3n) is 4.39. The summed E-state index contributed by atoms with van der Waals surface area (Å²) in [6, 6.07) is 6.73. The maximum absolute atomic E-state index is 13.2. The zero-order valence-corrected chi connectivity index (χ0v) is 17.8. The van der Waals surface area contributed by atoms with Crippen molar-refractivity contribution in [2.24, 2.45) is 0 Å². The smallest absolute Gasteiger partial charge is 0.423 e. The fourth-order valence-electron chi connectivity index (χ4n) is 2.82. The summed E-state index contributed by atoms with van der Waals surface area (Å²) in [4.78, 5) is 8.78. The molecule has 0 saturated carbocycles. The first-order chi connectivity index (χ1) is 15.0. The van der Waals surface area contributed by atoms with E-state index in [1.54, 1.807) is 31.2 Å². The van der Waals surface area contributed by atoms with Crippen LogP contribution in [0, 0.1) is 0 Å². The molecule has 0 saturated heterocycles. The molecule has 5 nitrogen and oxygen atoms in total. The summed E-state index contributed by atoms with van der Waals surface area (Å²) in [6.07, 6.45) is -5.10. The van der Waals surface area contributed by atoms with Crippen LogP contribution in [0.25, 0.3) is 0 Å². The van der Waals surface area contributed by atoms with Gasteiger partial charge in [-0.3, -0.25) is 0 Å². The van der Waals surface area contributed by atoms with Crippen LogP contribution < -0.4 is 14.4 Å². The summed E-state index contributed by atoms with van der Waals surface area (Å²) in [7, 11) is 0. The van der Waals surface area contributed by atoms with Gasteiger partial charge in [0.1, 0.15) is 11.3 Å². The summed E-state index contributed by atoms with van der Waals surface area (Å²) in [6.45, 7) is 2.74. The van der Waals surface area contributed by atoms with Crippen molar-refractivity contribution in [3.63, 3.8) is 0 Å². The van der Waals surface area contributed by atoms with Gasteiger partial charge in [0.2, 0.25) is 11.8 Å². The first kappa shape index (κ1) is 25.5. The Morgan fingerprint density at radius 1 is 0.906 bits per heavy atom. The van der Waals surface area contributed by atoms with Crippen LogP contribution in [0.3, 0.4) is 0 Å². The fourth-order valence-corrected chi connectivity index (χ4v) is 2.82. The minimum atomic E-state index is -4.97. The number of halogens is 6. The molecule has 1 heterocycles. The molecular weight excluding hydrogens is 440 g/mol. The first-order valence-electron chi connectivity index (χ1n) is 10.2. The lowest BCUT2D eigenvalue weighted by molar-refractivity contribution is -0.159. The number of alkyl halides is 6. The lowest BCUT2D eigenvalue weighted by atomic mass is 10.2. The van der Waals surface area contributed by atoms with Crippen LogP contribution in [0.1, 0.15) is 45.1 Å². The highest BCUT2D eigenvalue weighted by Crippen LogP contribution is 2.37. The van der Waals surface area contributed by atoms with E-state index in [4.69, 9.17) is 4.74 Å². The van der Waals surface area contributed by atoms with Gasteiger partial charge in [0.25, 0.3) is 0 Å². The molecule has 0 spiro atoms. The Labute approximate surface area is 182 Å². The van der Waals surface area contributed by atoms with Gasteiger partial charge >= 0.3 is 12.4 Å². The van der Waals surface area contributed by atoms with Gasteiger partial charge in [-0.2, -0.15) is 31.3 Å². The number of hydrogen-bond donors (Lipinski definition) is 0. The Balaban J connectivity index is 2.20. The van der Waals surface area contributed by atoms with Crippen LogP contribution in [-0.4, -0.2) is 35.9 Å². The largest absolute Gasteiger partial charge is 0.494 e. The van der Waals surface area contributed by atoms with Gasteiger partial charge in [0.05, 0.1) is 6.61 Å². The van der Waals surface area contributed by atoms with Crippen LogP contribution in [-0.2, 0) is 6.18 Å². The lowest BCUT2D eigenvalue weighted by Crippen LogP contribution is -2.24. The number of benzene rings is 1. The van der Waals surface area contributed by atoms with Gasteiger partial charge in [0, 0.05) is 18.4 Å².